The van der Waals surface area contributed by atoms with E-state index in [9.17, 15) is 4.79 Å². The Balaban J connectivity index is 1.80. The van der Waals surface area contributed by atoms with Gasteiger partial charge in [-0.05, 0) is 48.9 Å². The van der Waals surface area contributed by atoms with Crippen molar-refractivity contribution < 1.29 is 9.53 Å². The predicted octanol–water partition coefficient (Wildman–Crippen LogP) is 3.66. The smallest absolute Gasteiger partial charge is 0.274 e. The first-order valence-electron chi connectivity index (χ1n) is 8.15. The Kier molecular flexibility index (Phi) is 5.28. The van der Waals surface area contributed by atoms with Crippen molar-refractivity contribution in [2.75, 3.05) is 17.7 Å². The van der Waals surface area contributed by atoms with Crippen LogP contribution in [0.15, 0.2) is 54.7 Å². The number of rotatable bonds is 5. The summed E-state index contributed by atoms with van der Waals surface area (Å²) in [6.45, 7) is 1.93. The number of aromatic nitrogens is 2. The zero-order valence-electron chi connectivity index (χ0n) is 14.9. The third kappa shape index (κ3) is 4.38. The Labute approximate surface area is 156 Å². The number of amides is 1. The van der Waals surface area contributed by atoms with Crippen molar-refractivity contribution in [1.29, 1.82) is 5.26 Å². The van der Waals surface area contributed by atoms with Gasteiger partial charge in [-0.1, -0.05) is 12.1 Å². The van der Waals surface area contributed by atoms with Gasteiger partial charge < -0.3 is 15.4 Å². The zero-order chi connectivity index (χ0) is 19.2. The molecule has 0 atom stereocenters. The summed E-state index contributed by atoms with van der Waals surface area (Å²) in [5, 5.41) is 14.8. The van der Waals surface area contributed by atoms with E-state index in [1.165, 1.54) is 12.3 Å². The zero-order valence-corrected chi connectivity index (χ0v) is 14.9. The summed E-state index contributed by atoms with van der Waals surface area (Å²) in [5.41, 5.74) is 2.94. The molecule has 134 valence electrons. The number of anilines is 3. The normalized spacial score (nSPS) is 9.96. The number of methoxy groups -OCH3 is 1. The molecule has 0 aliphatic heterocycles. The van der Waals surface area contributed by atoms with Gasteiger partial charge in [-0.25, -0.2) is 9.97 Å². The Morgan fingerprint density at radius 1 is 1.19 bits per heavy atom. The van der Waals surface area contributed by atoms with Crippen LogP contribution in [0.5, 0.6) is 5.75 Å². The highest BCUT2D eigenvalue weighted by Crippen LogP contribution is 2.25. The summed E-state index contributed by atoms with van der Waals surface area (Å²) < 4.78 is 5.28. The van der Waals surface area contributed by atoms with Gasteiger partial charge in [0.1, 0.15) is 11.4 Å². The highest BCUT2D eigenvalue weighted by molar-refractivity contribution is 6.03. The molecule has 0 spiro atoms. The molecule has 0 saturated heterocycles. The van der Waals surface area contributed by atoms with Crippen LogP contribution in [0.25, 0.3) is 0 Å². The quantitative estimate of drug-likeness (QED) is 0.721. The molecule has 27 heavy (non-hydrogen) atoms. The molecule has 0 aliphatic carbocycles. The van der Waals surface area contributed by atoms with Crippen LogP contribution in [-0.2, 0) is 0 Å². The molecule has 0 bridgehead atoms. The lowest BCUT2D eigenvalue weighted by atomic mass is 10.2. The van der Waals surface area contributed by atoms with E-state index in [0.717, 1.165) is 5.56 Å². The van der Waals surface area contributed by atoms with E-state index in [2.05, 4.69) is 26.7 Å². The van der Waals surface area contributed by atoms with E-state index in [1.54, 1.807) is 37.4 Å². The number of aryl methyl sites for hydroxylation is 1. The first-order valence-corrected chi connectivity index (χ1v) is 8.15. The van der Waals surface area contributed by atoms with E-state index in [4.69, 9.17) is 10.00 Å². The van der Waals surface area contributed by atoms with Crippen LogP contribution >= 0.6 is 0 Å². The molecule has 7 heteroatoms. The highest BCUT2D eigenvalue weighted by atomic mass is 16.5. The number of benzene rings is 2. The average Bonchev–Trinajstić information content (AvgIpc) is 2.68. The maximum Gasteiger partial charge on any atom is 0.274 e. The minimum absolute atomic E-state index is 0.201. The molecule has 0 unspecified atom stereocenters. The molecule has 1 aromatic heterocycles. The van der Waals surface area contributed by atoms with Crippen molar-refractivity contribution in [1.82, 2.24) is 9.97 Å². The first kappa shape index (κ1) is 17.9. The molecular weight excluding hydrogens is 342 g/mol. The molecule has 0 aliphatic rings. The number of carbonyl (C=O) groups excluding carboxylic acids is 1. The van der Waals surface area contributed by atoms with Crippen LogP contribution in [-0.4, -0.2) is 23.0 Å². The number of carbonyl (C=O) groups is 1. The number of nitriles is 1. The van der Waals surface area contributed by atoms with E-state index < -0.39 is 0 Å². The Bertz CT molecular complexity index is 1030. The fraction of sp³-hybridized carbons (Fsp3) is 0.100. The van der Waals surface area contributed by atoms with Crippen LogP contribution in [0.4, 0.5) is 17.3 Å². The van der Waals surface area contributed by atoms with Gasteiger partial charge in [0.2, 0.25) is 5.95 Å². The van der Waals surface area contributed by atoms with Gasteiger partial charge in [0.15, 0.2) is 0 Å². The van der Waals surface area contributed by atoms with Crippen molar-refractivity contribution >= 4 is 23.2 Å². The fourth-order valence-corrected chi connectivity index (χ4v) is 2.45. The second kappa shape index (κ2) is 7.97. The fourth-order valence-electron chi connectivity index (χ4n) is 2.45. The van der Waals surface area contributed by atoms with Gasteiger partial charge in [0, 0.05) is 11.9 Å². The van der Waals surface area contributed by atoms with Gasteiger partial charge >= 0.3 is 0 Å². The van der Waals surface area contributed by atoms with Crippen LogP contribution in [0.3, 0.4) is 0 Å². The Morgan fingerprint density at radius 2 is 2.04 bits per heavy atom. The monoisotopic (exact) mass is 359 g/mol. The minimum atomic E-state index is -0.380. The molecule has 3 rings (SSSR count). The standard InChI is InChI=1S/C20H17N5O2/c1-13-6-7-18(27-2)17(10-13)24-19(26)16-8-9-22-20(25-16)23-15-5-3-4-14(11-15)12-21/h3-11H,1-2H3,(H,24,26)(H,22,23,25). The van der Waals surface area contributed by atoms with E-state index in [0.29, 0.717) is 22.7 Å². The van der Waals surface area contributed by atoms with E-state index >= 15 is 0 Å². The predicted molar refractivity (Wildman–Crippen MR) is 102 cm³/mol. The SMILES string of the molecule is COc1ccc(C)cc1NC(=O)c1ccnc(Nc2cccc(C#N)c2)n1. The van der Waals surface area contributed by atoms with Crippen molar-refractivity contribution in [2.24, 2.45) is 0 Å². The second-order valence-corrected chi connectivity index (χ2v) is 5.74. The molecular formula is C20H17N5O2. The summed E-state index contributed by atoms with van der Waals surface area (Å²) in [6, 6.07) is 16.0. The number of hydrogen-bond donors (Lipinski definition) is 2. The summed E-state index contributed by atoms with van der Waals surface area (Å²) in [7, 11) is 1.54. The lowest BCUT2D eigenvalue weighted by Crippen LogP contribution is -2.15. The Hall–Kier alpha value is -3.92. The molecule has 0 saturated carbocycles. The number of nitrogens with one attached hydrogen (secondary N) is 2. The van der Waals surface area contributed by atoms with Crippen LogP contribution in [0.2, 0.25) is 0 Å². The highest BCUT2D eigenvalue weighted by Gasteiger charge is 2.12. The lowest BCUT2D eigenvalue weighted by Gasteiger charge is -2.11. The summed E-state index contributed by atoms with van der Waals surface area (Å²) >= 11 is 0. The van der Waals surface area contributed by atoms with Crippen LogP contribution in [0.1, 0.15) is 21.6 Å². The minimum Gasteiger partial charge on any atom is -0.495 e. The van der Waals surface area contributed by atoms with Gasteiger partial charge in [-0.15, -0.1) is 0 Å². The van der Waals surface area contributed by atoms with Gasteiger partial charge in [-0.2, -0.15) is 5.26 Å². The van der Waals surface area contributed by atoms with Crippen molar-refractivity contribution in [2.45, 2.75) is 6.92 Å². The summed E-state index contributed by atoms with van der Waals surface area (Å²) in [6.07, 6.45) is 1.49. The van der Waals surface area contributed by atoms with Crippen LogP contribution in [0, 0.1) is 18.3 Å². The molecule has 2 N–H and O–H groups in total. The van der Waals surface area contributed by atoms with Gasteiger partial charge in [0.05, 0.1) is 24.4 Å². The second-order valence-electron chi connectivity index (χ2n) is 5.74. The largest absolute Gasteiger partial charge is 0.495 e. The van der Waals surface area contributed by atoms with E-state index in [-0.39, 0.29) is 17.5 Å². The Morgan fingerprint density at radius 3 is 2.81 bits per heavy atom. The number of nitrogens with zero attached hydrogens (tertiary/aromatic N) is 3. The lowest BCUT2D eigenvalue weighted by molar-refractivity contribution is 0.102. The van der Waals surface area contributed by atoms with Gasteiger partial charge in [-0.3, -0.25) is 4.79 Å². The maximum atomic E-state index is 12.6. The van der Waals surface area contributed by atoms with Crippen molar-refractivity contribution in [3.63, 3.8) is 0 Å². The van der Waals surface area contributed by atoms with E-state index in [1.807, 2.05) is 19.1 Å². The molecule has 3 aromatic rings. The van der Waals surface area contributed by atoms with Crippen LogP contribution < -0.4 is 15.4 Å². The molecule has 0 radical (unpaired) electrons. The van der Waals surface area contributed by atoms with Crippen molar-refractivity contribution in [3.8, 4) is 11.8 Å². The number of hydrogen-bond acceptors (Lipinski definition) is 6. The first-order chi connectivity index (χ1) is 13.1. The molecule has 1 amide bonds. The maximum absolute atomic E-state index is 12.6. The number of ether oxygens (including phenoxy) is 1. The summed E-state index contributed by atoms with van der Waals surface area (Å²) in [5.74, 6) is 0.443. The average molecular weight is 359 g/mol. The molecule has 7 nitrogen and oxygen atoms in total. The third-order valence-corrected chi connectivity index (χ3v) is 3.74. The molecule has 2 aromatic carbocycles. The molecule has 1 heterocycles. The van der Waals surface area contributed by atoms with Crippen molar-refractivity contribution in [3.05, 3.63) is 71.5 Å². The summed E-state index contributed by atoms with van der Waals surface area (Å²) in [4.78, 5) is 20.9. The van der Waals surface area contributed by atoms with Gasteiger partial charge in [0.25, 0.3) is 5.91 Å². The molecule has 0 fully saturated rings. The third-order valence-electron chi connectivity index (χ3n) is 3.74. The topological polar surface area (TPSA) is 99.9 Å².